The van der Waals surface area contributed by atoms with Gasteiger partial charge in [0.1, 0.15) is 6.61 Å². The number of benzene rings is 2. The molecule has 0 radical (unpaired) electrons. The smallest absolute Gasteiger partial charge is 0.338 e. The predicted octanol–water partition coefficient (Wildman–Crippen LogP) is 4.34. The largest absolute Gasteiger partial charge is 0.457 e. The molecule has 0 saturated heterocycles. The summed E-state index contributed by atoms with van der Waals surface area (Å²) in [7, 11) is 0. The van der Waals surface area contributed by atoms with Crippen LogP contribution in [0.5, 0.6) is 0 Å². The topological polar surface area (TPSA) is 26.3 Å². The minimum absolute atomic E-state index is 0.0235. The van der Waals surface area contributed by atoms with Gasteiger partial charge in [-0.05, 0) is 28.7 Å². The van der Waals surface area contributed by atoms with E-state index in [1.54, 1.807) is 6.07 Å². The van der Waals surface area contributed by atoms with E-state index in [4.69, 9.17) is 4.74 Å². The molecule has 0 atom stereocenters. The molecule has 0 heterocycles. The van der Waals surface area contributed by atoms with Crippen LogP contribution in [0.4, 0.5) is 0 Å². The average Bonchev–Trinajstić information content (AvgIpc) is 2.45. The summed E-state index contributed by atoms with van der Waals surface area (Å²) in [6, 6.07) is 17.3. The van der Waals surface area contributed by atoms with Gasteiger partial charge in [0, 0.05) is 0 Å². The highest BCUT2D eigenvalue weighted by atomic mass is 16.5. The zero-order valence-corrected chi connectivity index (χ0v) is 12.2. The number of hydrogen-bond donors (Lipinski definition) is 0. The van der Waals surface area contributed by atoms with Crippen LogP contribution in [-0.2, 0) is 16.8 Å². The molecule has 2 nitrogen and oxygen atoms in total. The average molecular weight is 268 g/mol. The van der Waals surface area contributed by atoms with Gasteiger partial charge in [-0.3, -0.25) is 0 Å². The lowest BCUT2D eigenvalue weighted by atomic mass is 9.86. The zero-order valence-electron chi connectivity index (χ0n) is 12.2. The molecule has 0 aliphatic heterocycles. The molecule has 0 aliphatic carbocycles. The fourth-order valence-electron chi connectivity index (χ4n) is 1.92. The second kappa shape index (κ2) is 5.91. The molecule has 0 N–H and O–H groups in total. The van der Waals surface area contributed by atoms with Crippen LogP contribution >= 0.6 is 0 Å². The maximum absolute atomic E-state index is 12.1. The van der Waals surface area contributed by atoms with Gasteiger partial charge in [-0.25, -0.2) is 4.79 Å². The van der Waals surface area contributed by atoms with E-state index in [-0.39, 0.29) is 11.4 Å². The van der Waals surface area contributed by atoms with Crippen LogP contribution in [0.15, 0.2) is 54.6 Å². The summed E-state index contributed by atoms with van der Waals surface area (Å²) in [5.74, 6) is -0.278. The van der Waals surface area contributed by atoms with Gasteiger partial charge in [0.2, 0.25) is 0 Å². The number of carbonyl (C=O) groups excluding carboxylic acids is 1. The van der Waals surface area contributed by atoms with Gasteiger partial charge in [-0.15, -0.1) is 0 Å². The Hall–Kier alpha value is -2.09. The van der Waals surface area contributed by atoms with Crippen LogP contribution in [-0.4, -0.2) is 5.97 Å². The molecule has 0 unspecified atom stereocenters. The summed E-state index contributed by atoms with van der Waals surface area (Å²) in [4.78, 5) is 12.1. The SMILES string of the molecule is CC(C)(C)c1cccc(C(=O)OCc2ccccc2)c1. The normalized spacial score (nSPS) is 11.2. The molecule has 0 aromatic heterocycles. The van der Waals surface area contributed by atoms with Crippen molar-refractivity contribution in [1.29, 1.82) is 0 Å². The van der Waals surface area contributed by atoms with E-state index in [0.717, 1.165) is 11.1 Å². The molecule has 0 saturated carbocycles. The van der Waals surface area contributed by atoms with Gasteiger partial charge in [-0.2, -0.15) is 0 Å². The van der Waals surface area contributed by atoms with Crippen molar-refractivity contribution < 1.29 is 9.53 Å². The van der Waals surface area contributed by atoms with E-state index < -0.39 is 0 Å². The molecule has 0 bridgehead atoms. The van der Waals surface area contributed by atoms with Crippen molar-refractivity contribution >= 4 is 5.97 Å². The highest BCUT2D eigenvalue weighted by molar-refractivity contribution is 5.89. The lowest BCUT2D eigenvalue weighted by Gasteiger charge is -2.19. The van der Waals surface area contributed by atoms with Crippen molar-refractivity contribution in [2.75, 3.05) is 0 Å². The highest BCUT2D eigenvalue weighted by Crippen LogP contribution is 2.23. The quantitative estimate of drug-likeness (QED) is 0.774. The zero-order chi connectivity index (χ0) is 14.6. The Morgan fingerprint density at radius 2 is 1.70 bits per heavy atom. The van der Waals surface area contributed by atoms with Gasteiger partial charge in [-0.1, -0.05) is 63.2 Å². The van der Waals surface area contributed by atoms with Crippen molar-refractivity contribution in [3.05, 3.63) is 71.3 Å². The van der Waals surface area contributed by atoms with E-state index in [0.29, 0.717) is 12.2 Å². The fourth-order valence-corrected chi connectivity index (χ4v) is 1.92. The number of esters is 1. The molecular formula is C18H20O2. The van der Waals surface area contributed by atoms with Crippen LogP contribution in [0, 0.1) is 0 Å². The van der Waals surface area contributed by atoms with Gasteiger partial charge < -0.3 is 4.74 Å². The summed E-state index contributed by atoms with van der Waals surface area (Å²) >= 11 is 0. The summed E-state index contributed by atoms with van der Waals surface area (Å²) < 4.78 is 5.34. The Kier molecular flexibility index (Phi) is 4.23. The first kappa shape index (κ1) is 14.3. The van der Waals surface area contributed by atoms with E-state index >= 15 is 0 Å². The van der Waals surface area contributed by atoms with Crippen molar-refractivity contribution in [3.8, 4) is 0 Å². The molecule has 0 spiro atoms. The van der Waals surface area contributed by atoms with Gasteiger partial charge >= 0.3 is 5.97 Å². The van der Waals surface area contributed by atoms with Gasteiger partial charge in [0.25, 0.3) is 0 Å². The maximum atomic E-state index is 12.1. The van der Waals surface area contributed by atoms with E-state index in [9.17, 15) is 4.79 Å². The highest BCUT2D eigenvalue weighted by Gasteiger charge is 2.16. The van der Waals surface area contributed by atoms with Crippen molar-refractivity contribution in [2.45, 2.75) is 32.8 Å². The van der Waals surface area contributed by atoms with Crippen LogP contribution in [0.25, 0.3) is 0 Å². The molecule has 20 heavy (non-hydrogen) atoms. The summed E-state index contributed by atoms with van der Waals surface area (Å²) in [5, 5.41) is 0. The van der Waals surface area contributed by atoms with Crippen molar-refractivity contribution in [2.24, 2.45) is 0 Å². The van der Waals surface area contributed by atoms with Crippen molar-refractivity contribution in [1.82, 2.24) is 0 Å². The Bertz CT molecular complexity index is 580. The number of rotatable bonds is 3. The minimum atomic E-state index is -0.278. The van der Waals surface area contributed by atoms with Crippen LogP contribution in [0.1, 0.15) is 42.3 Å². The molecule has 2 heteroatoms. The van der Waals surface area contributed by atoms with Gasteiger partial charge in [0.05, 0.1) is 5.56 Å². The van der Waals surface area contributed by atoms with Gasteiger partial charge in [0.15, 0.2) is 0 Å². The molecule has 0 aliphatic rings. The number of ether oxygens (including phenoxy) is 1. The molecule has 0 amide bonds. The molecule has 104 valence electrons. The monoisotopic (exact) mass is 268 g/mol. The standard InChI is InChI=1S/C18H20O2/c1-18(2,3)16-11-7-10-15(12-16)17(19)20-13-14-8-5-4-6-9-14/h4-12H,13H2,1-3H3. The van der Waals surface area contributed by atoms with Crippen LogP contribution in [0.2, 0.25) is 0 Å². The van der Waals surface area contributed by atoms with Crippen molar-refractivity contribution in [3.63, 3.8) is 0 Å². The summed E-state index contributed by atoms with van der Waals surface area (Å²) in [5.41, 5.74) is 2.75. The molecule has 2 rings (SSSR count). The number of carbonyl (C=O) groups is 1. The third kappa shape index (κ3) is 3.70. The lowest BCUT2D eigenvalue weighted by molar-refractivity contribution is 0.0472. The Morgan fingerprint density at radius 3 is 2.35 bits per heavy atom. The Balaban J connectivity index is 2.06. The van der Waals surface area contributed by atoms with Crippen LogP contribution in [0.3, 0.4) is 0 Å². The Morgan fingerprint density at radius 1 is 1.00 bits per heavy atom. The molecular weight excluding hydrogens is 248 g/mol. The summed E-state index contributed by atoms with van der Waals surface area (Å²) in [6.07, 6.45) is 0. The number of hydrogen-bond acceptors (Lipinski definition) is 2. The second-order valence-corrected chi connectivity index (χ2v) is 5.89. The van der Waals surface area contributed by atoms with E-state index in [1.165, 1.54) is 0 Å². The molecule has 2 aromatic carbocycles. The minimum Gasteiger partial charge on any atom is -0.457 e. The lowest BCUT2D eigenvalue weighted by Crippen LogP contribution is -2.13. The molecule has 2 aromatic rings. The first-order valence-electron chi connectivity index (χ1n) is 6.78. The maximum Gasteiger partial charge on any atom is 0.338 e. The fraction of sp³-hybridized carbons (Fsp3) is 0.278. The molecule has 0 fully saturated rings. The Labute approximate surface area is 120 Å². The second-order valence-electron chi connectivity index (χ2n) is 5.89. The first-order chi connectivity index (χ1) is 9.47. The first-order valence-corrected chi connectivity index (χ1v) is 6.78. The third-order valence-electron chi connectivity index (χ3n) is 3.18. The predicted molar refractivity (Wildman–Crippen MR) is 80.7 cm³/mol. The van der Waals surface area contributed by atoms with Crippen LogP contribution < -0.4 is 0 Å². The van der Waals surface area contributed by atoms with E-state index in [2.05, 4.69) is 20.8 Å². The van der Waals surface area contributed by atoms with E-state index in [1.807, 2.05) is 48.5 Å². The third-order valence-corrected chi connectivity index (χ3v) is 3.18. The summed E-state index contributed by atoms with van der Waals surface area (Å²) in [6.45, 7) is 6.68.